The van der Waals surface area contributed by atoms with E-state index in [9.17, 15) is 13.6 Å². The van der Waals surface area contributed by atoms with Gasteiger partial charge in [0.05, 0.1) is 0 Å². The third-order valence-corrected chi connectivity index (χ3v) is 4.34. The van der Waals surface area contributed by atoms with Gasteiger partial charge in [-0.2, -0.15) is 4.99 Å². The van der Waals surface area contributed by atoms with Crippen molar-refractivity contribution < 1.29 is 23.0 Å². The topological polar surface area (TPSA) is 47.9 Å². The SMILES string of the molecule is CC(F)(F)c1cc2c(c(C3(N=C=O)CCCC3)c1)OCCO2. The van der Waals surface area contributed by atoms with Crippen molar-refractivity contribution in [3.05, 3.63) is 23.3 Å². The van der Waals surface area contributed by atoms with Gasteiger partial charge in [0.15, 0.2) is 11.5 Å². The molecule has 2 aliphatic rings. The average Bonchev–Trinajstić information content (AvgIpc) is 2.95. The highest BCUT2D eigenvalue weighted by Crippen LogP contribution is 2.50. The molecular weight excluding hydrogens is 292 g/mol. The zero-order valence-corrected chi connectivity index (χ0v) is 12.3. The third kappa shape index (κ3) is 2.48. The maximum absolute atomic E-state index is 13.8. The molecule has 0 N–H and O–H groups in total. The maximum atomic E-state index is 13.8. The molecular formula is C16H17F2NO3. The van der Waals surface area contributed by atoms with Crippen LogP contribution in [0.4, 0.5) is 8.78 Å². The van der Waals surface area contributed by atoms with Crippen LogP contribution in [-0.2, 0) is 16.3 Å². The van der Waals surface area contributed by atoms with Crippen molar-refractivity contribution in [3.8, 4) is 11.5 Å². The summed E-state index contributed by atoms with van der Waals surface area (Å²) < 4.78 is 38.7. The second kappa shape index (κ2) is 5.36. The minimum Gasteiger partial charge on any atom is -0.486 e. The van der Waals surface area contributed by atoms with E-state index >= 15 is 0 Å². The normalized spacial score (nSPS) is 19.6. The van der Waals surface area contributed by atoms with Crippen LogP contribution in [0.5, 0.6) is 11.5 Å². The van der Waals surface area contributed by atoms with Crippen LogP contribution in [0.15, 0.2) is 17.1 Å². The highest BCUT2D eigenvalue weighted by Gasteiger charge is 2.41. The number of fused-ring (bicyclic) bond motifs is 1. The second-order valence-corrected chi connectivity index (χ2v) is 5.88. The lowest BCUT2D eigenvalue weighted by Crippen LogP contribution is -2.25. The van der Waals surface area contributed by atoms with E-state index < -0.39 is 11.5 Å². The molecule has 6 heteroatoms. The Kier molecular flexibility index (Phi) is 3.65. The fraction of sp³-hybridized carbons (Fsp3) is 0.562. The number of carbonyl (C=O) groups excluding carboxylic acids is 1. The molecule has 0 saturated heterocycles. The van der Waals surface area contributed by atoms with Crippen molar-refractivity contribution in [3.63, 3.8) is 0 Å². The molecule has 0 radical (unpaired) electrons. The van der Waals surface area contributed by atoms with Crippen LogP contribution in [-0.4, -0.2) is 19.3 Å². The number of isocyanates is 1. The lowest BCUT2D eigenvalue weighted by molar-refractivity contribution is 0.0167. The Morgan fingerprint density at radius 3 is 2.55 bits per heavy atom. The van der Waals surface area contributed by atoms with E-state index in [1.165, 1.54) is 12.1 Å². The van der Waals surface area contributed by atoms with Gasteiger partial charge in [-0.3, -0.25) is 0 Å². The number of ether oxygens (including phenoxy) is 2. The van der Waals surface area contributed by atoms with Gasteiger partial charge in [-0.15, -0.1) is 0 Å². The van der Waals surface area contributed by atoms with Crippen molar-refractivity contribution in [2.45, 2.75) is 44.1 Å². The van der Waals surface area contributed by atoms with Crippen molar-refractivity contribution in [1.82, 2.24) is 0 Å². The van der Waals surface area contributed by atoms with Crippen LogP contribution in [0.3, 0.4) is 0 Å². The van der Waals surface area contributed by atoms with E-state index in [1.54, 1.807) is 6.08 Å². The van der Waals surface area contributed by atoms with Crippen LogP contribution in [0.25, 0.3) is 0 Å². The summed E-state index contributed by atoms with van der Waals surface area (Å²) in [6.45, 7) is 1.50. The number of halogens is 2. The van der Waals surface area contributed by atoms with Crippen molar-refractivity contribution in [2.75, 3.05) is 13.2 Å². The van der Waals surface area contributed by atoms with Crippen LogP contribution in [0.1, 0.15) is 43.7 Å². The molecule has 1 heterocycles. The molecule has 22 heavy (non-hydrogen) atoms. The predicted octanol–water partition coefficient (Wildman–Crippen LogP) is 3.67. The minimum absolute atomic E-state index is 0.154. The maximum Gasteiger partial charge on any atom is 0.270 e. The third-order valence-electron chi connectivity index (χ3n) is 4.34. The minimum atomic E-state index is -3.00. The molecule has 3 rings (SSSR count). The molecule has 1 aliphatic heterocycles. The molecule has 0 bridgehead atoms. The lowest BCUT2D eigenvalue weighted by atomic mass is 9.86. The van der Waals surface area contributed by atoms with Crippen molar-refractivity contribution in [1.29, 1.82) is 0 Å². The summed E-state index contributed by atoms with van der Waals surface area (Å²) in [6, 6.07) is 2.71. The first kappa shape index (κ1) is 15.0. The lowest BCUT2D eigenvalue weighted by Gasteiger charge is -2.30. The second-order valence-electron chi connectivity index (χ2n) is 5.88. The van der Waals surface area contributed by atoms with Gasteiger partial charge < -0.3 is 9.47 Å². The van der Waals surface area contributed by atoms with Gasteiger partial charge in [0, 0.05) is 18.1 Å². The first-order valence-electron chi connectivity index (χ1n) is 7.38. The standard InChI is InChI=1S/C16H17F2NO3/c1-15(17,18)11-8-12(14-13(9-11)21-6-7-22-14)16(19-10-20)4-2-3-5-16/h8-9H,2-7H2,1H3. The van der Waals surface area contributed by atoms with E-state index in [2.05, 4.69) is 4.99 Å². The van der Waals surface area contributed by atoms with Crippen molar-refractivity contribution in [2.24, 2.45) is 4.99 Å². The highest BCUT2D eigenvalue weighted by atomic mass is 19.3. The van der Waals surface area contributed by atoms with Crippen LogP contribution in [0.2, 0.25) is 0 Å². The van der Waals surface area contributed by atoms with Gasteiger partial charge in [0.1, 0.15) is 18.8 Å². The first-order chi connectivity index (χ1) is 10.5. The summed E-state index contributed by atoms with van der Waals surface area (Å²) in [5.74, 6) is -2.28. The fourth-order valence-electron chi connectivity index (χ4n) is 3.24. The molecule has 1 saturated carbocycles. The number of rotatable bonds is 3. The van der Waals surface area contributed by atoms with Gasteiger partial charge >= 0.3 is 0 Å². The van der Waals surface area contributed by atoms with E-state index in [0.29, 0.717) is 43.1 Å². The number of hydrogen-bond acceptors (Lipinski definition) is 4. The largest absolute Gasteiger partial charge is 0.486 e. The summed E-state index contributed by atoms with van der Waals surface area (Å²) in [7, 11) is 0. The Morgan fingerprint density at radius 2 is 1.91 bits per heavy atom. The first-order valence-corrected chi connectivity index (χ1v) is 7.38. The van der Waals surface area contributed by atoms with Crippen LogP contribution < -0.4 is 9.47 Å². The smallest absolute Gasteiger partial charge is 0.270 e. The van der Waals surface area contributed by atoms with E-state index in [0.717, 1.165) is 19.8 Å². The molecule has 4 nitrogen and oxygen atoms in total. The van der Waals surface area contributed by atoms with E-state index in [1.807, 2.05) is 0 Å². The van der Waals surface area contributed by atoms with Gasteiger partial charge in [-0.1, -0.05) is 12.8 Å². The number of hydrogen-bond donors (Lipinski definition) is 0. The van der Waals surface area contributed by atoms with Gasteiger partial charge in [0.2, 0.25) is 6.08 Å². The molecule has 1 aromatic carbocycles. The monoisotopic (exact) mass is 309 g/mol. The Bertz CT molecular complexity index is 627. The summed E-state index contributed by atoms with van der Waals surface area (Å²) in [6.07, 6.45) is 4.61. The highest BCUT2D eigenvalue weighted by molar-refractivity contribution is 5.55. The summed E-state index contributed by atoms with van der Waals surface area (Å²) in [5, 5.41) is 0. The molecule has 0 unspecified atom stereocenters. The number of nitrogens with zero attached hydrogens (tertiary/aromatic N) is 1. The molecule has 1 aromatic rings. The van der Waals surface area contributed by atoms with Gasteiger partial charge in [0.25, 0.3) is 5.92 Å². The molecule has 1 aliphatic carbocycles. The Balaban J connectivity index is 2.22. The zero-order chi connectivity index (χ0) is 15.8. The molecule has 0 spiro atoms. The number of aliphatic imine (C=N–C) groups is 1. The summed E-state index contributed by atoms with van der Waals surface area (Å²) in [4.78, 5) is 14.8. The summed E-state index contributed by atoms with van der Waals surface area (Å²) >= 11 is 0. The Hall–Kier alpha value is -1.94. The van der Waals surface area contributed by atoms with Crippen molar-refractivity contribution >= 4 is 6.08 Å². The fourth-order valence-corrected chi connectivity index (χ4v) is 3.24. The van der Waals surface area contributed by atoms with Gasteiger partial charge in [-0.25, -0.2) is 13.6 Å². The van der Waals surface area contributed by atoms with E-state index in [4.69, 9.17) is 9.47 Å². The van der Waals surface area contributed by atoms with Gasteiger partial charge in [-0.05, 0) is 25.0 Å². The number of benzene rings is 1. The Morgan fingerprint density at radius 1 is 1.23 bits per heavy atom. The molecule has 118 valence electrons. The molecule has 0 aromatic heterocycles. The average molecular weight is 309 g/mol. The van der Waals surface area contributed by atoms with Crippen LogP contribution in [0, 0.1) is 0 Å². The summed E-state index contributed by atoms with van der Waals surface area (Å²) in [5.41, 5.74) is -0.463. The molecule has 0 atom stereocenters. The van der Waals surface area contributed by atoms with Crippen LogP contribution >= 0.6 is 0 Å². The quantitative estimate of drug-likeness (QED) is 0.632. The van der Waals surface area contributed by atoms with E-state index in [-0.39, 0.29) is 5.56 Å². The Labute approximate surface area is 127 Å². The molecule has 0 amide bonds. The number of alkyl halides is 2. The predicted molar refractivity (Wildman–Crippen MR) is 75.3 cm³/mol. The zero-order valence-electron chi connectivity index (χ0n) is 12.3. The molecule has 1 fully saturated rings.